The van der Waals surface area contributed by atoms with Gasteiger partial charge < -0.3 is 20.7 Å². The van der Waals surface area contributed by atoms with Crippen molar-refractivity contribution < 1.29 is 9.53 Å². The van der Waals surface area contributed by atoms with Gasteiger partial charge in [0, 0.05) is 32.8 Å². The number of ether oxygens (including phenoxy) is 1. The van der Waals surface area contributed by atoms with Crippen molar-refractivity contribution in [2.45, 2.75) is 38.3 Å². The minimum absolute atomic E-state index is 0.0444. The van der Waals surface area contributed by atoms with Crippen LogP contribution in [0.1, 0.15) is 26.2 Å². The molecule has 1 aliphatic heterocycles. The minimum atomic E-state index is -0.445. The quantitative estimate of drug-likeness (QED) is 0.686. The molecule has 5 heteroatoms. The molecule has 0 saturated carbocycles. The smallest absolute Gasteiger partial charge is 0.237 e. The Morgan fingerprint density at radius 2 is 2.18 bits per heavy atom. The fourth-order valence-corrected chi connectivity index (χ4v) is 2.08. The summed E-state index contributed by atoms with van der Waals surface area (Å²) in [5, 5.41) is 3.03. The molecule has 0 bridgehead atoms. The molecule has 0 spiro atoms. The predicted molar refractivity (Wildman–Crippen MR) is 67.7 cm³/mol. The van der Waals surface area contributed by atoms with Crippen molar-refractivity contribution in [3.05, 3.63) is 0 Å². The third-order valence-corrected chi connectivity index (χ3v) is 3.35. The van der Waals surface area contributed by atoms with E-state index in [4.69, 9.17) is 10.5 Å². The molecule has 3 N–H and O–H groups in total. The zero-order chi connectivity index (χ0) is 12.7. The van der Waals surface area contributed by atoms with Crippen molar-refractivity contribution in [1.82, 2.24) is 10.2 Å². The number of rotatable bonds is 6. The molecule has 1 unspecified atom stereocenters. The minimum Gasteiger partial charge on any atom is -0.385 e. The first-order valence-corrected chi connectivity index (χ1v) is 6.44. The molecule has 100 valence electrons. The fraction of sp³-hybridized carbons (Fsp3) is 0.917. The Bertz CT molecular complexity index is 228. The Kier molecular flexibility index (Phi) is 6.47. The molecular weight excluding hydrogens is 218 g/mol. The molecule has 0 aromatic carbocycles. The van der Waals surface area contributed by atoms with Crippen molar-refractivity contribution in [3.63, 3.8) is 0 Å². The number of hydrogen-bond donors (Lipinski definition) is 2. The number of nitrogens with zero attached hydrogens (tertiary/aromatic N) is 1. The summed E-state index contributed by atoms with van der Waals surface area (Å²) in [6, 6.07) is -0.155. The Morgan fingerprint density at radius 1 is 1.53 bits per heavy atom. The maximum atomic E-state index is 11.8. The van der Waals surface area contributed by atoms with Gasteiger partial charge in [-0.1, -0.05) is 6.92 Å². The monoisotopic (exact) mass is 243 g/mol. The molecular formula is C12H25N3O2. The average molecular weight is 243 g/mol. The molecule has 5 nitrogen and oxygen atoms in total. The highest BCUT2D eigenvalue weighted by atomic mass is 16.5. The number of nitrogens with one attached hydrogen (secondary N) is 1. The molecule has 0 aromatic heterocycles. The van der Waals surface area contributed by atoms with Crippen LogP contribution in [0.4, 0.5) is 0 Å². The van der Waals surface area contributed by atoms with Crippen LogP contribution in [-0.2, 0) is 9.53 Å². The van der Waals surface area contributed by atoms with Gasteiger partial charge in [-0.05, 0) is 25.8 Å². The van der Waals surface area contributed by atoms with E-state index in [2.05, 4.69) is 17.1 Å². The number of amides is 1. The normalized spacial score (nSPS) is 20.2. The van der Waals surface area contributed by atoms with Gasteiger partial charge in [0.1, 0.15) is 0 Å². The highest BCUT2D eigenvalue weighted by Gasteiger charge is 2.21. The number of likely N-dealkylation sites (tertiary alicyclic amines) is 1. The lowest BCUT2D eigenvalue weighted by atomic mass is 10.0. The van der Waals surface area contributed by atoms with Crippen molar-refractivity contribution in [2.24, 2.45) is 5.73 Å². The molecule has 1 amide bonds. The Hall–Kier alpha value is -0.650. The average Bonchev–Trinajstić information content (AvgIpc) is 2.36. The van der Waals surface area contributed by atoms with E-state index < -0.39 is 6.04 Å². The molecule has 17 heavy (non-hydrogen) atoms. The van der Waals surface area contributed by atoms with Crippen LogP contribution in [0.15, 0.2) is 0 Å². The van der Waals surface area contributed by atoms with Crippen LogP contribution in [0.2, 0.25) is 0 Å². The van der Waals surface area contributed by atoms with E-state index in [0.29, 0.717) is 19.1 Å². The van der Waals surface area contributed by atoms with Gasteiger partial charge in [-0.25, -0.2) is 0 Å². The van der Waals surface area contributed by atoms with E-state index in [0.717, 1.165) is 32.5 Å². The van der Waals surface area contributed by atoms with Crippen LogP contribution >= 0.6 is 0 Å². The zero-order valence-electron chi connectivity index (χ0n) is 10.9. The molecule has 1 aliphatic rings. The van der Waals surface area contributed by atoms with E-state index in [9.17, 15) is 4.79 Å². The summed E-state index contributed by atoms with van der Waals surface area (Å²) in [5.41, 5.74) is 5.77. The molecule has 1 heterocycles. The van der Waals surface area contributed by atoms with Gasteiger partial charge in [-0.2, -0.15) is 0 Å². The number of carbonyl (C=O) groups is 1. The maximum Gasteiger partial charge on any atom is 0.237 e. The molecule has 1 atom stereocenters. The fourth-order valence-electron chi connectivity index (χ4n) is 2.08. The highest BCUT2D eigenvalue weighted by molar-refractivity contribution is 5.81. The largest absolute Gasteiger partial charge is 0.385 e. The van der Waals surface area contributed by atoms with Gasteiger partial charge in [-0.15, -0.1) is 0 Å². The summed E-state index contributed by atoms with van der Waals surface area (Å²) in [6.07, 6.45) is 2.63. The standard InChI is InChI=1S/C12H25N3O2/c1-3-15-7-4-10(5-8-15)14-12(16)11(13)6-9-17-2/h10-11H,3-9,13H2,1-2H3,(H,14,16). The van der Waals surface area contributed by atoms with Gasteiger partial charge in [0.25, 0.3) is 0 Å². The van der Waals surface area contributed by atoms with Crippen LogP contribution in [0, 0.1) is 0 Å². The SMILES string of the molecule is CCN1CCC(NC(=O)C(N)CCOC)CC1. The zero-order valence-corrected chi connectivity index (χ0v) is 10.9. The number of piperidine rings is 1. The van der Waals surface area contributed by atoms with Gasteiger partial charge in [0.2, 0.25) is 5.91 Å². The van der Waals surface area contributed by atoms with Gasteiger partial charge in [0.05, 0.1) is 6.04 Å². The van der Waals surface area contributed by atoms with Crippen LogP contribution in [0.3, 0.4) is 0 Å². The lowest BCUT2D eigenvalue weighted by molar-refractivity contribution is -0.123. The second kappa shape index (κ2) is 7.63. The van der Waals surface area contributed by atoms with Crippen LogP contribution in [-0.4, -0.2) is 56.2 Å². The summed E-state index contributed by atoms with van der Waals surface area (Å²) >= 11 is 0. The molecule has 0 aliphatic carbocycles. The molecule has 1 fully saturated rings. The van der Waals surface area contributed by atoms with Crippen LogP contribution in [0.25, 0.3) is 0 Å². The summed E-state index contributed by atoms with van der Waals surface area (Å²) < 4.78 is 4.91. The number of methoxy groups -OCH3 is 1. The lowest BCUT2D eigenvalue weighted by Gasteiger charge is -2.31. The van der Waals surface area contributed by atoms with Crippen molar-refractivity contribution in [2.75, 3.05) is 33.4 Å². The summed E-state index contributed by atoms with van der Waals surface area (Å²) in [5.74, 6) is -0.0444. The first-order chi connectivity index (χ1) is 8.17. The number of carbonyl (C=O) groups excluding carboxylic acids is 1. The molecule has 0 radical (unpaired) electrons. The van der Waals surface area contributed by atoms with Crippen molar-refractivity contribution in [3.8, 4) is 0 Å². The second-order valence-electron chi connectivity index (χ2n) is 4.61. The van der Waals surface area contributed by atoms with E-state index in [1.807, 2.05) is 0 Å². The van der Waals surface area contributed by atoms with Crippen molar-refractivity contribution in [1.29, 1.82) is 0 Å². The van der Waals surface area contributed by atoms with Gasteiger partial charge in [-0.3, -0.25) is 4.79 Å². The van der Waals surface area contributed by atoms with Gasteiger partial charge >= 0.3 is 0 Å². The second-order valence-corrected chi connectivity index (χ2v) is 4.61. The number of hydrogen-bond acceptors (Lipinski definition) is 4. The molecule has 1 saturated heterocycles. The third kappa shape index (κ3) is 5.02. The van der Waals surface area contributed by atoms with Crippen LogP contribution in [0.5, 0.6) is 0 Å². The first kappa shape index (κ1) is 14.4. The summed E-state index contributed by atoms with van der Waals surface area (Å²) in [7, 11) is 1.62. The summed E-state index contributed by atoms with van der Waals surface area (Å²) in [6.45, 7) is 5.92. The maximum absolute atomic E-state index is 11.8. The first-order valence-electron chi connectivity index (χ1n) is 6.44. The Balaban J connectivity index is 2.22. The van der Waals surface area contributed by atoms with E-state index in [1.165, 1.54) is 0 Å². The number of nitrogens with two attached hydrogens (primary N) is 1. The summed E-state index contributed by atoms with van der Waals surface area (Å²) in [4.78, 5) is 14.2. The third-order valence-electron chi connectivity index (χ3n) is 3.35. The lowest BCUT2D eigenvalue weighted by Crippen LogP contribution is -2.49. The van der Waals surface area contributed by atoms with Crippen molar-refractivity contribution >= 4 is 5.91 Å². The van der Waals surface area contributed by atoms with Crippen LogP contribution < -0.4 is 11.1 Å². The molecule has 0 aromatic rings. The van der Waals surface area contributed by atoms with E-state index >= 15 is 0 Å². The van der Waals surface area contributed by atoms with E-state index in [1.54, 1.807) is 7.11 Å². The van der Waals surface area contributed by atoms with Gasteiger partial charge in [0.15, 0.2) is 0 Å². The highest BCUT2D eigenvalue weighted by Crippen LogP contribution is 2.09. The predicted octanol–water partition coefficient (Wildman–Crippen LogP) is -0.0493. The van der Waals surface area contributed by atoms with E-state index in [-0.39, 0.29) is 5.91 Å². The Labute approximate surface area is 104 Å². The topological polar surface area (TPSA) is 67.6 Å². The Morgan fingerprint density at radius 3 is 2.71 bits per heavy atom. The molecule has 1 rings (SSSR count).